The number of esters is 1. The summed E-state index contributed by atoms with van der Waals surface area (Å²) in [6.45, 7) is 16.9. The Kier molecular flexibility index (Phi) is 21.8. The average molecular weight is 777 g/mol. The van der Waals surface area contributed by atoms with Gasteiger partial charge in [0.25, 0.3) is 0 Å². The molecule has 0 aliphatic carbocycles. The van der Waals surface area contributed by atoms with Gasteiger partial charge in [0.1, 0.15) is 49.3 Å². The van der Waals surface area contributed by atoms with E-state index in [0.29, 0.717) is 17.4 Å². The van der Waals surface area contributed by atoms with Crippen LogP contribution in [-0.2, 0) is 19.0 Å². The Morgan fingerprint density at radius 3 is 2.02 bits per heavy atom. The predicted octanol–water partition coefficient (Wildman–Crippen LogP) is 1.50. The normalized spacial score (nSPS) is 28.5. The van der Waals surface area contributed by atoms with Gasteiger partial charge >= 0.3 is 5.97 Å². The quantitative estimate of drug-likeness (QED) is 0.0402. The highest BCUT2D eigenvalue weighted by Crippen LogP contribution is 2.33. The van der Waals surface area contributed by atoms with Crippen molar-refractivity contribution >= 4 is 5.97 Å². The predicted molar refractivity (Wildman–Crippen MR) is 203 cm³/mol. The fourth-order valence-electron chi connectivity index (χ4n) is 7.33. The van der Waals surface area contributed by atoms with Crippen LogP contribution in [0.15, 0.2) is 34.9 Å². The van der Waals surface area contributed by atoms with Crippen LogP contribution in [0, 0.1) is 29.6 Å². The minimum atomic E-state index is -1.71. The molecule has 0 aromatic heterocycles. The molecule has 16 atom stereocenters. The molecule has 10 N–H and O–H groups in total. The topological polar surface area (TPSA) is 247 Å². The summed E-state index contributed by atoms with van der Waals surface area (Å²) in [7, 11) is 0. The number of aliphatic hydroxyl groups is 10. The molecule has 0 spiro atoms. The summed E-state index contributed by atoms with van der Waals surface area (Å²) >= 11 is 0. The first-order valence-electron chi connectivity index (χ1n) is 19.2. The average Bonchev–Trinajstić information content (AvgIpc) is 3.10. The molecule has 0 amide bonds. The Morgan fingerprint density at radius 2 is 1.46 bits per heavy atom. The van der Waals surface area contributed by atoms with Crippen molar-refractivity contribution < 1.29 is 70.1 Å². The molecule has 54 heavy (non-hydrogen) atoms. The van der Waals surface area contributed by atoms with E-state index < -0.39 is 98.5 Å². The molecule has 0 aromatic rings. The third kappa shape index (κ3) is 16.0. The molecule has 1 unspecified atom stereocenters. The molecule has 1 fully saturated rings. The molecular formula is C40H72O14. The summed E-state index contributed by atoms with van der Waals surface area (Å²) in [5, 5.41) is 102. The number of carbonyl (C=O) groups excluding carboxylic acids is 1. The van der Waals surface area contributed by atoms with E-state index in [4.69, 9.17) is 19.3 Å². The molecule has 1 aliphatic heterocycles. The lowest BCUT2D eigenvalue weighted by Gasteiger charge is -2.42. The highest BCUT2D eigenvalue weighted by Gasteiger charge is 2.45. The number of aliphatic hydroxyl groups excluding tert-OH is 9. The second-order valence-electron chi connectivity index (χ2n) is 16.2. The van der Waals surface area contributed by atoms with Gasteiger partial charge in [-0.2, -0.15) is 0 Å². The molecule has 0 aromatic carbocycles. The van der Waals surface area contributed by atoms with Gasteiger partial charge in [-0.25, -0.2) is 4.79 Å². The Hall–Kier alpha value is -1.79. The highest BCUT2D eigenvalue weighted by molar-refractivity contribution is 5.87. The van der Waals surface area contributed by atoms with Gasteiger partial charge in [-0.15, -0.1) is 0 Å². The molecule has 0 radical (unpaired) electrons. The molecule has 14 heteroatoms. The number of hydrogen-bond acceptors (Lipinski definition) is 14. The number of ether oxygens (including phenoxy) is 3. The summed E-state index contributed by atoms with van der Waals surface area (Å²) in [4.78, 5) is 12.5. The minimum Gasteiger partial charge on any atom is -0.459 e. The maximum absolute atomic E-state index is 12.5. The summed E-state index contributed by atoms with van der Waals surface area (Å²) in [6.07, 6.45) is -5.42. The van der Waals surface area contributed by atoms with E-state index >= 15 is 0 Å². The maximum Gasteiger partial charge on any atom is 0.333 e. The largest absolute Gasteiger partial charge is 0.459 e. The zero-order valence-corrected chi connectivity index (χ0v) is 33.9. The van der Waals surface area contributed by atoms with Gasteiger partial charge in [0, 0.05) is 23.8 Å². The molecule has 1 rings (SSSR count). The molecule has 0 saturated carbocycles. The number of rotatable bonds is 23. The molecule has 1 heterocycles. The molecule has 0 bridgehead atoms. The van der Waals surface area contributed by atoms with Crippen LogP contribution in [0.5, 0.6) is 0 Å². The van der Waals surface area contributed by atoms with Crippen molar-refractivity contribution in [2.75, 3.05) is 19.8 Å². The monoisotopic (exact) mass is 776 g/mol. The lowest BCUT2D eigenvalue weighted by Crippen LogP contribution is -2.60. The van der Waals surface area contributed by atoms with Crippen molar-refractivity contribution in [1.29, 1.82) is 0 Å². The van der Waals surface area contributed by atoms with E-state index in [2.05, 4.69) is 27.7 Å². The van der Waals surface area contributed by atoms with Gasteiger partial charge in [0.05, 0.1) is 31.0 Å². The third-order valence-corrected chi connectivity index (χ3v) is 10.4. The Bertz CT molecular complexity index is 1200. The SMILES string of the molecule is CC[C@H](C)C[C@H](C)C[C@H](C)[C@@H](O[C@@H]1O[C@H](CO)[C@@H](O)[C@H](O)[C@@H]1O)[C@@H](C)/C=C(\C)C[C@](C)(O)/C=C(\C)C(O)[C@@H](C)/C=C(\C)C(=O)OC[C@@H](O)[C@H](O)[C@H](O)CO. The molecule has 316 valence electrons. The van der Waals surface area contributed by atoms with Crippen LogP contribution in [0.1, 0.15) is 94.9 Å². The van der Waals surface area contributed by atoms with Gasteiger partial charge in [-0.05, 0) is 63.9 Å². The molecule has 1 aliphatic rings. The number of carbonyl (C=O) groups is 1. The second kappa shape index (κ2) is 23.4. The fraction of sp³-hybridized carbons (Fsp3) is 0.825. The van der Waals surface area contributed by atoms with E-state index in [1.54, 1.807) is 26.8 Å². The van der Waals surface area contributed by atoms with Crippen molar-refractivity contribution in [3.05, 3.63) is 34.9 Å². The van der Waals surface area contributed by atoms with Crippen LogP contribution < -0.4 is 0 Å². The Labute approximate surface area is 321 Å². The highest BCUT2D eigenvalue weighted by atomic mass is 16.7. The van der Waals surface area contributed by atoms with Gasteiger partial charge in [-0.3, -0.25) is 0 Å². The zero-order chi connectivity index (χ0) is 41.7. The van der Waals surface area contributed by atoms with Crippen molar-refractivity contribution in [1.82, 2.24) is 0 Å². The van der Waals surface area contributed by atoms with Crippen LogP contribution in [0.25, 0.3) is 0 Å². The van der Waals surface area contributed by atoms with E-state index in [9.17, 15) is 50.8 Å². The molecular weight excluding hydrogens is 704 g/mol. The molecule has 14 nitrogen and oxygen atoms in total. The Morgan fingerprint density at radius 1 is 0.852 bits per heavy atom. The fourth-order valence-corrected chi connectivity index (χ4v) is 7.33. The van der Waals surface area contributed by atoms with Crippen LogP contribution in [0.3, 0.4) is 0 Å². The zero-order valence-electron chi connectivity index (χ0n) is 33.9. The van der Waals surface area contributed by atoms with E-state index in [1.807, 2.05) is 19.9 Å². The van der Waals surface area contributed by atoms with Crippen LogP contribution >= 0.6 is 0 Å². The van der Waals surface area contributed by atoms with Gasteiger partial charge in [0.2, 0.25) is 0 Å². The first-order chi connectivity index (χ1) is 25.0. The van der Waals surface area contributed by atoms with E-state index in [-0.39, 0.29) is 23.8 Å². The summed E-state index contributed by atoms with van der Waals surface area (Å²) in [5.74, 6) is -0.757. The lowest BCUT2D eigenvalue weighted by atomic mass is 9.82. The first-order valence-corrected chi connectivity index (χ1v) is 19.2. The van der Waals surface area contributed by atoms with Crippen molar-refractivity contribution in [2.45, 2.75) is 162 Å². The summed E-state index contributed by atoms with van der Waals surface area (Å²) in [6, 6.07) is 0. The van der Waals surface area contributed by atoms with Crippen LogP contribution in [-0.4, -0.2) is 144 Å². The van der Waals surface area contributed by atoms with Crippen LogP contribution in [0.2, 0.25) is 0 Å². The van der Waals surface area contributed by atoms with Crippen molar-refractivity contribution in [3.8, 4) is 0 Å². The van der Waals surface area contributed by atoms with Gasteiger partial charge < -0.3 is 65.3 Å². The van der Waals surface area contributed by atoms with E-state index in [1.165, 1.54) is 13.0 Å². The summed E-state index contributed by atoms with van der Waals surface area (Å²) in [5.41, 5.74) is 0.0130. The van der Waals surface area contributed by atoms with Gasteiger partial charge in [-0.1, -0.05) is 71.8 Å². The van der Waals surface area contributed by atoms with Crippen LogP contribution in [0.4, 0.5) is 0 Å². The standard InChI is InChI=1S/C40H72O14/c1-11-21(2)12-22(3)13-25(6)37(54-39-36(49)35(48)34(47)31(19-42)53-39)26(7)14-23(4)16-40(10,51)17-28(9)32(45)24(5)15-27(8)38(50)52-20-30(44)33(46)29(43)18-41/h14-15,17,21-22,24-26,29-37,39,41-49,51H,11-13,16,18-20H2,1-10H3/b23-14+,27-15+,28-17+/t21-,22-,24-,25-,26-,29+,30+,31+,32?,33+,34+,35-,36-,37+,39-,40-/m0/s1. The second-order valence-corrected chi connectivity index (χ2v) is 16.2. The lowest BCUT2D eigenvalue weighted by molar-refractivity contribution is -0.317. The molecule has 1 saturated heterocycles. The minimum absolute atomic E-state index is 0.0284. The Balaban J connectivity index is 3.13. The van der Waals surface area contributed by atoms with E-state index in [0.717, 1.165) is 24.8 Å². The van der Waals surface area contributed by atoms with Crippen molar-refractivity contribution in [3.63, 3.8) is 0 Å². The first kappa shape index (κ1) is 50.2. The third-order valence-electron chi connectivity index (χ3n) is 10.4. The summed E-state index contributed by atoms with van der Waals surface area (Å²) < 4.78 is 17.1. The van der Waals surface area contributed by atoms with Crippen molar-refractivity contribution in [2.24, 2.45) is 29.6 Å². The maximum atomic E-state index is 12.5. The van der Waals surface area contributed by atoms with Gasteiger partial charge in [0.15, 0.2) is 6.29 Å². The smallest absolute Gasteiger partial charge is 0.333 e. The number of hydrogen-bond donors (Lipinski definition) is 10.